The molecule has 3 rings (SSSR count). The van der Waals surface area contributed by atoms with Gasteiger partial charge >= 0.3 is 5.97 Å². The highest BCUT2D eigenvalue weighted by Crippen LogP contribution is 2.33. The third kappa shape index (κ3) is 2.42. The first-order valence-corrected chi connectivity index (χ1v) is 7.32. The summed E-state index contributed by atoms with van der Waals surface area (Å²) in [6, 6.07) is 5.80. The average Bonchev–Trinajstić information content (AvgIpc) is 2.76. The summed E-state index contributed by atoms with van der Waals surface area (Å²) in [6.07, 6.45) is 6.42. The first-order chi connectivity index (χ1) is 9.65. The van der Waals surface area contributed by atoms with Crippen molar-refractivity contribution in [1.82, 2.24) is 9.55 Å². The van der Waals surface area contributed by atoms with E-state index in [-0.39, 0.29) is 6.42 Å². The van der Waals surface area contributed by atoms with Gasteiger partial charge in [0, 0.05) is 13.0 Å². The number of rotatable bonds is 3. The lowest BCUT2D eigenvalue weighted by atomic mass is 9.89. The highest BCUT2D eigenvalue weighted by molar-refractivity contribution is 5.79. The third-order valence-corrected chi connectivity index (χ3v) is 4.31. The molecule has 0 atom stereocenters. The molecule has 1 aliphatic rings. The van der Waals surface area contributed by atoms with Gasteiger partial charge < -0.3 is 9.67 Å². The van der Waals surface area contributed by atoms with Gasteiger partial charge in [0.25, 0.3) is 0 Å². The number of carbonyl (C=O) groups is 1. The van der Waals surface area contributed by atoms with Crippen LogP contribution in [0.3, 0.4) is 0 Å². The average molecular weight is 272 g/mol. The molecule has 1 aromatic heterocycles. The molecule has 1 aliphatic carbocycles. The predicted octanol–water partition coefficient (Wildman–Crippen LogP) is 3.25. The van der Waals surface area contributed by atoms with Crippen LogP contribution in [-0.4, -0.2) is 20.6 Å². The predicted molar refractivity (Wildman–Crippen MR) is 77.9 cm³/mol. The fraction of sp³-hybridized carbons (Fsp3) is 0.500. The Morgan fingerprint density at radius 1 is 1.35 bits per heavy atom. The summed E-state index contributed by atoms with van der Waals surface area (Å²) in [7, 11) is 2.07. The molecule has 1 aromatic carbocycles. The highest BCUT2D eigenvalue weighted by atomic mass is 16.4. The first kappa shape index (κ1) is 13.2. The molecule has 1 N–H and O–H groups in total. The number of fused-ring (bicyclic) bond motifs is 1. The number of benzene rings is 1. The Labute approximate surface area is 118 Å². The third-order valence-electron chi connectivity index (χ3n) is 4.31. The number of nitrogens with zero attached hydrogens (tertiary/aromatic N) is 2. The molecule has 0 aliphatic heterocycles. The van der Waals surface area contributed by atoms with E-state index >= 15 is 0 Å². The number of carboxylic acid groups (broad SMARTS) is 1. The van der Waals surface area contributed by atoms with Crippen molar-refractivity contribution in [3.63, 3.8) is 0 Å². The zero-order valence-corrected chi connectivity index (χ0v) is 11.8. The molecule has 0 saturated heterocycles. The zero-order chi connectivity index (χ0) is 14.1. The first-order valence-electron chi connectivity index (χ1n) is 7.32. The number of carboxylic acids is 1. The van der Waals surface area contributed by atoms with Crippen LogP contribution in [0.15, 0.2) is 18.2 Å². The van der Waals surface area contributed by atoms with E-state index in [1.807, 2.05) is 18.2 Å². The maximum Gasteiger partial charge on any atom is 0.307 e. The molecule has 2 aromatic rings. The molecule has 0 radical (unpaired) electrons. The fourth-order valence-electron chi connectivity index (χ4n) is 3.27. The molecule has 0 bridgehead atoms. The van der Waals surface area contributed by atoms with Gasteiger partial charge in [-0.3, -0.25) is 4.79 Å². The van der Waals surface area contributed by atoms with Gasteiger partial charge in [0.15, 0.2) is 0 Å². The molecular weight excluding hydrogens is 252 g/mol. The van der Waals surface area contributed by atoms with Crippen LogP contribution in [0.4, 0.5) is 0 Å². The Kier molecular flexibility index (Phi) is 3.47. The van der Waals surface area contributed by atoms with Crippen molar-refractivity contribution in [3.05, 3.63) is 29.6 Å². The van der Waals surface area contributed by atoms with Crippen LogP contribution in [0.25, 0.3) is 11.0 Å². The Balaban J connectivity index is 1.97. The van der Waals surface area contributed by atoms with Crippen molar-refractivity contribution in [2.24, 2.45) is 7.05 Å². The fourth-order valence-corrected chi connectivity index (χ4v) is 3.27. The van der Waals surface area contributed by atoms with E-state index in [4.69, 9.17) is 10.1 Å². The van der Waals surface area contributed by atoms with E-state index in [1.54, 1.807) is 0 Å². The molecule has 106 valence electrons. The van der Waals surface area contributed by atoms with E-state index in [9.17, 15) is 4.79 Å². The summed E-state index contributed by atoms with van der Waals surface area (Å²) >= 11 is 0. The van der Waals surface area contributed by atoms with Crippen LogP contribution in [0.5, 0.6) is 0 Å². The van der Waals surface area contributed by atoms with Gasteiger partial charge in [-0.15, -0.1) is 0 Å². The van der Waals surface area contributed by atoms with E-state index in [1.165, 1.54) is 32.1 Å². The van der Waals surface area contributed by atoms with Crippen molar-refractivity contribution < 1.29 is 9.90 Å². The summed E-state index contributed by atoms with van der Waals surface area (Å²) in [5.41, 5.74) is 2.84. The number of aliphatic carboxylic acids is 1. The van der Waals surface area contributed by atoms with Crippen LogP contribution in [-0.2, 0) is 18.3 Å². The van der Waals surface area contributed by atoms with Crippen molar-refractivity contribution in [3.8, 4) is 0 Å². The molecular formula is C16H20N2O2. The molecule has 4 nitrogen and oxygen atoms in total. The smallest absolute Gasteiger partial charge is 0.307 e. The molecule has 0 amide bonds. The van der Waals surface area contributed by atoms with Gasteiger partial charge in [0.2, 0.25) is 0 Å². The Morgan fingerprint density at radius 3 is 2.80 bits per heavy atom. The maximum absolute atomic E-state index is 10.8. The van der Waals surface area contributed by atoms with Crippen molar-refractivity contribution in [2.45, 2.75) is 44.4 Å². The largest absolute Gasteiger partial charge is 0.481 e. The number of imidazole rings is 1. The highest BCUT2D eigenvalue weighted by Gasteiger charge is 2.21. The zero-order valence-electron chi connectivity index (χ0n) is 11.8. The minimum Gasteiger partial charge on any atom is -0.481 e. The van der Waals surface area contributed by atoms with E-state index < -0.39 is 5.97 Å². The quantitative estimate of drug-likeness (QED) is 0.933. The van der Waals surface area contributed by atoms with Crippen LogP contribution >= 0.6 is 0 Å². The monoisotopic (exact) mass is 272 g/mol. The number of hydrogen-bond acceptors (Lipinski definition) is 2. The second-order valence-electron chi connectivity index (χ2n) is 5.76. The number of aryl methyl sites for hydroxylation is 1. The number of aromatic nitrogens is 2. The van der Waals surface area contributed by atoms with Gasteiger partial charge in [0.05, 0.1) is 17.5 Å². The van der Waals surface area contributed by atoms with Gasteiger partial charge in [-0.05, 0) is 30.5 Å². The van der Waals surface area contributed by atoms with Gasteiger partial charge in [0.1, 0.15) is 5.82 Å². The standard InChI is InChI=1S/C16H20N2O2/c1-18-14-8-7-11(10-15(19)20)9-13(14)17-16(18)12-5-3-2-4-6-12/h7-9,12H,2-6,10H2,1H3,(H,19,20). The Hall–Kier alpha value is -1.84. The molecule has 0 spiro atoms. The van der Waals surface area contributed by atoms with E-state index in [0.717, 1.165) is 22.4 Å². The van der Waals surface area contributed by atoms with E-state index in [0.29, 0.717) is 5.92 Å². The lowest BCUT2D eigenvalue weighted by molar-refractivity contribution is -0.136. The maximum atomic E-state index is 10.8. The second kappa shape index (κ2) is 5.27. The molecule has 20 heavy (non-hydrogen) atoms. The van der Waals surface area contributed by atoms with Crippen LogP contribution in [0, 0.1) is 0 Å². The second-order valence-corrected chi connectivity index (χ2v) is 5.76. The van der Waals surface area contributed by atoms with Gasteiger partial charge in [-0.2, -0.15) is 0 Å². The topological polar surface area (TPSA) is 55.1 Å². The van der Waals surface area contributed by atoms with Crippen molar-refractivity contribution in [1.29, 1.82) is 0 Å². The summed E-state index contributed by atoms with van der Waals surface area (Å²) in [4.78, 5) is 15.6. The van der Waals surface area contributed by atoms with Gasteiger partial charge in [-0.25, -0.2) is 4.98 Å². The summed E-state index contributed by atoms with van der Waals surface area (Å²) in [5, 5.41) is 8.88. The molecule has 1 fully saturated rings. The Morgan fingerprint density at radius 2 is 2.10 bits per heavy atom. The molecule has 4 heteroatoms. The van der Waals surface area contributed by atoms with Crippen LogP contribution in [0.2, 0.25) is 0 Å². The van der Waals surface area contributed by atoms with Crippen molar-refractivity contribution >= 4 is 17.0 Å². The van der Waals surface area contributed by atoms with Crippen LogP contribution in [0.1, 0.15) is 49.4 Å². The lowest BCUT2D eigenvalue weighted by Crippen LogP contribution is -2.09. The molecule has 1 saturated carbocycles. The summed E-state index contributed by atoms with van der Waals surface area (Å²) in [5.74, 6) is 0.920. The minimum absolute atomic E-state index is 0.0608. The normalized spacial score (nSPS) is 16.6. The molecule has 1 heterocycles. The van der Waals surface area contributed by atoms with Gasteiger partial charge in [-0.1, -0.05) is 25.3 Å². The summed E-state index contributed by atoms with van der Waals surface area (Å²) in [6.45, 7) is 0. The van der Waals surface area contributed by atoms with Crippen LogP contribution < -0.4 is 0 Å². The van der Waals surface area contributed by atoms with Crippen molar-refractivity contribution in [2.75, 3.05) is 0 Å². The van der Waals surface area contributed by atoms with E-state index in [2.05, 4.69) is 11.6 Å². The molecule has 0 unspecified atom stereocenters. The lowest BCUT2D eigenvalue weighted by Gasteiger charge is -2.20. The summed E-state index contributed by atoms with van der Waals surface area (Å²) < 4.78 is 2.18. The minimum atomic E-state index is -0.798. The Bertz CT molecular complexity index is 639. The number of hydrogen-bond donors (Lipinski definition) is 1. The SMILES string of the molecule is Cn1c(C2CCCCC2)nc2cc(CC(=O)O)ccc21.